The normalized spacial score (nSPS) is 10.6. The van der Waals surface area contributed by atoms with Crippen LogP contribution in [0.4, 0.5) is 4.39 Å². The summed E-state index contributed by atoms with van der Waals surface area (Å²) in [6.07, 6.45) is 0.357. The molecule has 0 aliphatic heterocycles. The Labute approximate surface area is 175 Å². The monoisotopic (exact) mass is 433 g/mol. The van der Waals surface area contributed by atoms with Gasteiger partial charge in [-0.25, -0.2) is 9.37 Å². The fourth-order valence-electron chi connectivity index (χ4n) is 2.44. The molecule has 0 radical (unpaired) electrons. The SMILES string of the molecule is C=C(CCNC(=O)c1ccc2ncsc2c1)NC(=O)COc1ccc(Cl)c(F)c1. The minimum absolute atomic E-state index is 0.0239. The van der Waals surface area contributed by atoms with E-state index < -0.39 is 11.7 Å². The quantitative estimate of drug-likeness (QED) is 0.564. The van der Waals surface area contributed by atoms with Gasteiger partial charge in [-0.1, -0.05) is 18.2 Å². The first-order valence-electron chi connectivity index (χ1n) is 8.59. The topological polar surface area (TPSA) is 80.3 Å². The number of thiazole rings is 1. The molecule has 0 unspecified atom stereocenters. The first kappa shape index (κ1) is 20.8. The van der Waals surface area contributed by atoms with Gasteiger partial charge < -0.3 is 15.4 Å². The maximum Gasteiger partial charge on any atom is 0.262 e. The second-order valence-corrected chi connectivity index (χ2v) is 7.35. The van der Waals surface area contributed by atoms with E-state index in [1.165, 1.54) is 23.5 Å². The van der Waals surface area contributed by atoms with E-state index in [1.54, 1.807) is 23.7 Å². The van der Waals surface area contributed by atoms with Crippen molar-refractivity contribution in [1.29, 1.82) is 0 Å². The Bertz CT molecular complexity index is 1070. The van der Waals surface area contributed by atoms with Crippen molar-refractivity contribution in [2.24, 2.45) is 0 Å². The van der Waals surface area contributed by atoms with Crippen LogP contribution in [-0.2, 0) is 4.79 Å². The molecule has 0 bridgehead atoms. The van der Waals surface area contributed by atoms with Gasteiger partial charge in [0.15, 0.2) is 6.61 Å². The van der Waals surface area contributed by atoms with Gasteiger partial charge in [-0.05, 0) is 30.3 Å². The third-order valence-corrected chi connectivity index (χ3v) is 4.98. The number of nitrogens with zero attached hydrogens (tertiary/aromatic N) is 1. The van der Waals surface area contributed by atoms with Gasteiger partial charge in [0, 0.05) is 30.3 Å². The molecule has 6 nitrogen and oxygen atoms in total. The molecule has 0 saturated heterocycles. The number of halogens is 2. The number of aromatic nitrogens is 1. The molecule has 1 heterocycles. The number of nitrogens with one attached hydrogen (secondary N) is 2. The van der Waals surface area contributed by atoms with Gasteiger partial charge in [-0.2, -0.15) is 0 Å². The fraction of sp³-hybridized carbons (Fsp3) is 0.150. The molecule has 29 heavy (non-hydrogen) atoms. The van der Waals surface area contributed by atoms with E-state index in [0.717, 1.165) is 16.3 Å². The Balaban J connectivity index is 1.39. The Morgan fingerprint density at radius 2 is 2.07 bits per heavy atom. The lowest BCUT2D eigenvalue weighted by atomic mass is 10.2. The molecule has 0 aliphatic carbocycles. The van der Waals surface area contributed by atoms with E-state index in [-0.39, 0.29) is 23.3 Å². The number of amides is 2. The molecule has 0 saturated carbocycles. The Hall–Kier alpha value is -2.97. The number of ether oxygens (including phenoxy) is 1. The van der Waals surface area contributed by atoms with Gasteiger partial charge in [-0.15, -0.1) is 11.3 Å². The molecule has 2 N–H and O–H groups in total. The predicted molar refractivity (Wildman–Crippen MR) is 111 cm³/mol. The Morgan fingerprint density at radius 3 is 2.86 bits per heavy atom. The second-order valence-electron chi connectivity index (χ2n) is 6.06. The van der Waals surface area contributed by atoms with Crippen molar-refractivity contribution in [3.63, 3.8) is 0 Å². The lowest BCUT2D eigenvalue weighted by Gasteiger charge is -2.11. The summed E-state index contributed by atoms with van der Waals surface area (Å²) in [5.41, 5.74) is 3.55. The van der Waals surface area contributed by atoms with Gasteiger partial charge in [-0.3, -0.25) is 9.59 Å². The van der Waals surface area contributed by atoms with E-state index in [4.69, 9.17) is 16.3 Å². The van der Waals surface area contributed by atoms with Crippen molar-refractivity contribution in [3.8, 4) is 5.75 Å². The standard InChI is InChI=1S/C20H17ClFN3O3S/c1-12(25-19(26)10-28-14-3-4-15(21)16(22)9-14)6-7-23-20(27)13-2-5-17-18(8-13)29-11-24-17/h2-5,8-9,11H,1,6-7,10H2,(H,23,27)(H,25,26). The lowest BCUT2D eigenvalue weighted by molar-refractivity contribution is -0.122. The molecule has 2 amide bonds. The number of fused-ring (bicyclic) bond motifs is 1. The number of carbonyl (C=O) groups excluding carboxylic acids is 2. The number of benzene rings is 2. The maximum absolute atomic E-state index is 13.3. The zero-order valence-electron chi connectivity index (χ0n) is 15.2. The molecule has 3 rings (SSSR count). The van der Waals surface area contributed by atoms with E-state index in [1.807, 2.05) is 0 Å². The summed E-state index contributed by atoms with van der Waals surface area (Å²) >= 11 is 7.06. The van der Waals surface area contributed by atoms with Crippen LogP contribution >= 0.6 is 22.9 Å². The predicted octanol–water partition coefficient (Wildman–Crippen LogP) is 3.92. The molecule has 9 heteroatoms. The average Bonchev–Trinajstić information content (AvgIpc) is 3.16. The maximum atomic E-state index is 13.3. The van der Waals surface area contributed by atoms with Gasteiger partial charge >= 0.3 is 0 Å². The zero-order valence-corrected chi connectivity index (χ0v) is 16.8. The first-order chi connectivity index (χ1) is 13.9. The summed E-state index contributed by atoms with van der Waals surface area (Å²) < 4.78 is 19.5. The molecule has 1 aromatic heterocycles. The van der Waals surface area contributed by atoms with E-state index >= 15 is 0 Å². The third kappa shape index (κ3) is 5.75. The molecule has 0 atom stereocenters. The van der Waals surface area contributed by atoms with Crippen LogP contribution in [0.5, 0.6) is 5.75 Å². The molecular formula is C20H17ClFN3O3S. The average molecular weight is 434 g/mol. The number of carbonyl (C=O) groups is 2. The summed E-state index contributed by atoms with van der Waals surface area (Å²) in [5.74, 6) is -1.09. The molecule has 150 valence electrons. The van der Waals surface area contributed by atoms with Crippen LogP contribution in [0, 0.1) is 5.82 Å². The molecule has 2 aromatic carbocycles. The fourth-order valence-corrected chi connectivity index (χ4v) is 3.27. The van der Waals surface area contributed by atoms with Crippen molar-refractivity contribution in [3.05, 3.63) is 70.6 Å². The lowest BCUT2D eigenvalue weighted by Crippen LogP contribution is -2.30. The van der Waals surface area contributed by atoms with Crippen molar-refractivity contribution >= 4 is 45.0 Å². The van der Waals surface area contributed by atoms with E-state index in [0.29, 0.717) is 24.2 Å². The zero-order chi connectivity index (χ0) is 20.8. The highest BCUT2D eigenvalue weighted by atomic mass is 35.5. The van der Waals surface area contributed by atoms with Crippen LogP contribution in [0.2, 0.25) is 5.02 Å². The molecule has 0 aliphatic rings. The van der Waals surface area contributed by atoms with Crippen LogP contribution in [0.3, 0.4) is 0 Å². The summed E-state index contributed by atoms with van der Waals surface area (Å²) in [4.78, 5) is 28.3. The minimum atomic E-state index is -0.626. The van der Waals surface area contributed by atoms with Crippen LogP contribution in [0.15, 0.2) is 54.2 Å². The van der Waals surface area contributed by atoms with Gasteiger partial charge in [0.2, 0.25) is 0 Å². The molecule has 3 aromatic rings. The Morgan fingerprint density at radius 1 is 1.24 bits per heavy atom. The van der Waals surface area contributed by atoms with Crippen LogP contribution < -0.4 is 15.4 Å². The van der Waals surface area contributed by atoms with Gasteiger partial charge in [0.05, 0.1) is 20.7 Å². The molecular weight excluding hydrogens is 417 g/mol. The molecule has 0 fully saturated rings. The highest BCUT2D eigenvalue weighted by Gasteiger charge is 2.09. The van der Waals surface area contributed by atoms with Crippen molar-refractivity contribution in [2.75, 3.05) is 13.2 Å². The summed E-state index contributed by atoms with van der Waals surface area (Å²) in [5, 5.41) is 5.33. The van der Waals surface area contributed by atoms with E-state index in [9.17, 15) is 14.0 Å². The summed E-state index contributed by atoms with van der Waals surface area (Å²) in [7, 11) is 0. The van der Waals surface area contributed by atoms with Gasteiger partial charge in [0.25, 0.3) is 11.8 Å². The van der Waals surface area contributed by atoms with Crippen LogP contribution in [0.1, 0.15) is 16.8 Å². The van der Waals surface area contributed by atoms with Crippen molar-refractivity contribution < 1.29 is 18.7 Å². The minimum Gasteiger partial charge on any atom is -0.484 e. The first-order valence-corrected chi connectivity index (χ1v) is 9.85. The second kappa shape index (κ2) is 9.49. The summed E-state index contributed by atoms with van der Waals surface area (Å²) in [6, 6.07) is 9.21. The number of hydrogen-bond donors (Lipinski definition) is 2. The highest BCUT2D eigenvalue weighted by molar-refractivity contribution is 7.16. The Kier molecular flexibility index (Phi) is 6.79. The number of rotatable bonds is 8. The van der Waals surface area contributed by atoms with Crippen molar-refractivity contribution in [1.82, 2.24) is 15.6 Å². The smallest absolute Gasteiger partial charge is 0.262 e. The van der Waals surface area contributed by atoms with Gasteiger partial charge in [0.1, 0.15) is 11.6 Å². The number of hydrogen-bond acceptors (Lipinski definition) is 5. The van der Waals surface area contributed by atoms with Crippen molar-refractivity contribution in [2.45, 2.75) is 6.42 Å². The molecule has 0 spiro atoms. The largest absolute Gasteiger partial charge is 0.484 e. The van der Waals surface area contributed by atoms with Crippen LogP contribution in [-0.4, -0.2) is 29.9 Å². The highest BCUT2D eigenvalue weighted by Crippen LogP contribution is 2.20. The van der Waals surface area contributed by atoms with Crippen LogP contribution in [0.25, 0.3) is 10.2 Å². The third-order valence-electron chi connectivity index (χ3n) is 3.88. The summed E-state index contributed by atoms with van der Waals surface area (Å²) in [6.45, 7) is 3.76. The van der Waals surface area contributed by atoms with E-state index in [2.05, 4.69) is 22.2 Å².